The van der Waals surface area contributed by atoms with Gasteiger partial charge in [0.2, 0.25) is 0 Å². The van der Waals surface area contributed by atoms with E-state index in [0.717, 1.165) is 47.8 Å². The number of rotatable bonds is 6. The standard InChI is InChI=1S/C22H31N3O3S/c1-22(2,3)19(25-21(26)27)14-9-11-15(12-10-14)23-20-24-17(13-29-20)16-7-5-6-8-18(16)28-4/h5-8,13-15,19,25H,9-12H2,1-4H3,(H,23,24)(H,26,27). The number of methoxy groups -OCH3 is 1. The monoisotopic (exact) mass is 417 g/mol. The van der Waals surface area contributed by atoms with E-state index in [9.17, 15) is 9.90 Å². The van der Waals surface area contributed by atoms with Crippen molar-refractivity contribution >= 4 is 22.6 Å². The second-order valence-corrected chi connectivity index (χ2v) is 9.65. The van der Waals surface area contributed by atoms with Gasteiger partial charge in [0.1, 0.15) is 5.75 Å². The predicted molar refractivity (Wildman–Crippen MR) is 118 cm³/mol. The fourth-order valence-electron chi connectivity index (χ4n) is 4.27. The minimum atomic E-state index is -0.933. The number of benzene rings is 1. The molecule has 6 nitrogen and oxygen atoms in total. The highest BCUT2D eigenvalue weighted by Crippen LogP contribution is 2.37. The van der Waals surface area contributed by atoms with Crippen LogP contribution in [-0.4, -0.2) is 35.4 Å². The Hall–Kier alpha value is -2.28. The molecule has 1 fully saturated rings. The summed E-state index contributed by atoms with van der Waals surface area (Å²) in [5, 5.41) is 18.5. The predicted octanol–water partition coefficient (Wildman–Crippen LogP) is 5.47. The molecular weight excluding hydrogens is 386 g/mol. The molecule has 0 aliphatic heterocycles. The Morgan fingerprint density at radius 2 is 1.93 bits per heavy atom. The van der Waals surface area contributed by atoms with Crippen LogP contribution >= 0.6 is 11.3 Å². The van der Waals surface area contributed by atoms with E-state index < -0.39 is 6.09 Å². The number of carbonyl (C=O) groups is 1. The van der Waals surface area contributed by atoms with Crippen LogP contribution in [0.3, 0.4) is 0 Å². The van der Waals surface area contributed by atoms with E-state index in [-0.39, 0.29) is 11.5 Å². The molecule has 1 unspecified atom stereocenters. The van der Waals surface area contributed by atoms with Crippen molar-refractivity contribution in [2.45, 2.75) is 58.5 Å². The van der Waals surface area contributed by atoms with Gasteiger partial charge in [0.05, 0.1) is 12.8 Å². The van der Waals surface area contributed by atoms with Crippen molar-refractivity contribution in [2.24, 2.45) is 11.3 Å². The average molecular weight is 418 g/mol. The Bertz CT molecular complexity index is 823. The van der Waals surface area contributed by atoms with Crippen molar-refractivity contribution in [1.82, 2.24) is 10.3 Å². The zero-order valence-corrected chi connectivity index (χ0v) is 18.4. The summed E-state index contributed by atoms with van der Waals surface area (Å²) in [5.41, 5.74) is 1.82. The van der Waals surface area contributed by atoms with Gasteiger partial charge in [-0.2, -0.15) is 0 Å². The number of nitrogens with one attached hydrogen (secondary N) is 2. The SMILES string of the molecule is COc1ccccc1-c1csc(NC2CCC(C(NC(=O)O)C(C)(C)C)CC2)n1. The normalized spacial score (nSPS) is 20.7. The fraction of sp³-hybridized carbons (Fsp3) is 0.545. The van der Waals surface area contributed by atoms with E-state index in [1.165, 1.54) is 0 Å². The lowest BCUT2D eigenvalue weighted by molar-refractivity contribution is 0.134. The molecule has 1 aromatic carbocycles. The van der Waals surface area contributed by atoms with Crippen LogP contribution in [0.5, 0.6) is 5.75 Å². The summed E-state index contributed by atoms with van der Waals surface area (Å²) in [6, 6.07) is 8.25. The first-order valence-corrected chi connectivity index (χ1v) is 11.0. The Balaban J connectivity index is 1.60. The number of nitrogens with zero attached hydrogens (tertiary/aromatic N) is 1. The lowest BCUT2D eigenvalue weighted by Gasteiger charge is -2.40. The summed E-state index contributed by atoms with van der Waals surface area (Å²) >= 11 is 1.61. The quantitative estimate of drug-likeness (QED) is 0.580. The van der Waals surface area contributed by atoms with Crippen molar-refractivity contribution in [3.63, 3.8) is 0 Å². The molecular formula is C22H31N3O3S. The summed E-state index contributed by atoms with van der Waals surface area (Å²) in [4.78, 5) is 16.0. The van der Waals surface area contributed by atoms with Gasteiger partial charge < -0.3 is 20.5 Å². The summed E-state index contributed by atoms with van der Waals surface area (Å²) in [7, 11) is 1.67. The van der Waals surface area contributed by atoms with Gasteiger partial charge in [-0.05, 0) is 49.1 Å². The van der Waals surface area contributed by atoms with E-state index in [0.29, 0.717) is 12.0 Å². The average Bonchev–Trinajstić information content (AvgIpc) is 3.14. The van der Waals surface area contributed by atoms with Crippen LogP contribution in [0.15, 0.2) is 29.6 Å². The van der Waals surface area contributed by atoms with Gasteiger partial charge in [-0.3, -0.25) is 0 Å². The first kappa shape index (κ1) is 21.4. The molecule has 1 atom stereocenters. The van der Waals surface area contributed by atoms with Crippen molar-refractivity contribution in [3.05, 3.63) is 29.6 Å². The summed E-state index contributed by atoms with van der Waals surface area (Å²) in [5.74, 6) is 1.19. The van der Waals surface area contributed by atoms with Crippen LogP contribution in [0.25, 0.3) is 11.3 Å². The number of hydrogen-bond acceptors (Lipinski definition) is 5. The molecule has 0 spiro atoms. The number of carboxylic acid groups (broad SMARTS) is 1. The van der Waals surface area contributed by atoms with Crippen LogP contribution < -0.4 is 15.4 Å². The maximum Gasteiger partial charge on any atom is 0.404 e. The van der Waals surface area contributed by atoms with Crippen molar-refractivity contribution < 1.29 is 14.6 Å². The lowest BCUT2D eigenvalue weighted by atomic mass is 9.72. The second-order valence-electron chi connectivity index (χ2n) is 8.79. The summed E-state index contributed by atoms with van der Waals surface area (Å²) in [6.45, 7) is 6.31. The molecule has 1 amide bonds. The molecule has 7 heteroatoms. The highest BCUT2D eigenvalue weighted by Gasteiger charge is 2.36. The van der Waals surface area contributed by atoms with Gasteiger partial charge >= 0.3 is 6.09 Å². The molecule has 2 aromatic rings. The Labute approximate surface area is 176 Å². The van der Waals surface area contributed by atoms with Crippen molar-refractivity contribution in [1.29, 1.82) is 0 Å². The third-order valence-electron chi connectivity index (χ3n) is 5.67. The maximum atomic E-state index is 11.2. The third kappa shape index (κ3) is 5.41. The molecule has 0 radical (unpaired) electrons. The number of para-hydroxylation sites is 1. The number of hydrogen-bond donors (Lipinski definition) is 3. The smallest absolute Gasteiger partial charge is 0.404 e. The van der Waals surface area contributed by atoms with Crippen LogP contribution in [0.4, 0.5) is 9.93 Å². The number of thiazole rings is 1. The first-order valence-electron chi connectivity index (χ1n) is 10.1. The highest BCUT2D eigenvalue weighted by molar-refractivity contribution is 7.14. The first-order chi connectivity index (χ1) is 13.8. The molecule has 1 aliphatic rings. The minimum absolute atomic E-state index is 0.0297. The minimum Gasteiger partial charge on any atom is -0.496 e. The fourth-order valence-corrected chi connectivity index (χ4v) is 5.05. The van der Waals surface area contributed by atoms with Crippen LogP contribution in [0.1, 0.15) is 46.5 Å². The van der Waals surface area contributed by atoms with E-state index >= 15 is 0 Å². The van der Waals surface area contributed by atoms with E-state index in [1.807, 2.05) is 24.3 Å². The number of aromatic nitrogens is 1. The molecule has 1 aromatic heterocycles. The Kier molecular flexibility index (Phi) is 6.67. The summed E-state index contributed by atoms with van der Waals surface area (Å²) < 4.78 is 5.44. The van der Waals surface area contributed by atoms with E-state index in [4.69, 9.17) is 9.72 Å². The zero-order valence-electron chi connectivity index (χ0n) is 17.6. The molecule has 1 heterocycles. The molecule has 158 valence electrons. The maximum absolute atomic E-state index is 11.2. The molecule has 29 heavy (non-hydrogen) atoms. The zero-order chi connectivity index (χ0) is 21.0. The Morgan fingerprint density at radius 3 is 2.55 bits per heavy atom. The van der Waals surface area contributed by atoms with Gasteiger partial charge in [-0.25, -0.2) is 9.78 Å². The number of ether oxygens (including phenoxy) is 1. The molecule has 0 bridgehead atoms. The number of amides is 1. The van der Waals surface area contributed by atoms with Gasteiger partial charge in [0, 0.05) is 23.0 Å². The lowest BCUT2D eigenvalue weighted by Crippen LogP contribution is -2.49. The molecule has 3 N–H and O–H groups in total. The van der Waals surface area contributed by atoms with Crippen molar-refractivity contribution in [2.75, 3.05) is 12.4 Å². The highest BCUT2D eigenvalue weighted by atomic mass is 32.1. The number of anilines is 1. The van der Waals surface area contributed by atoms with E-state index in [1.54, 1.807) is 18.4 Å². The summed E-state index contributed by atoms with van der Waals surface area (Å²) in [6.07, 6.45) is 3.11. The van der Waals surface area contributed by atoms with Crippen LogP contribution in [0.2, 0.25) is 0 Å². The van der Waals surface area contributed by atoms with Gasteiger partial charge in [-0.15, -0.1) is 11.3 Å². The third-order valence-corrected chi connectivity index (χ3v) is 6.44. The van der Waals surface area contributed by atoms with Gasteiger partial charge in [0.25, 0.3) is 0 Å². The molecule has 1 saturated carbocycles. The molecule has 1 aliphatic carbocycles. The van der Waals surface area contributed by atoms with E-state index in [2.05, 4.69) is 36.8 Å². The van der Waals surface area contributed by atoms with Crippen LogP contribution in [-0.2, 0) is 0 Å². The van der Waals surface area contributed by atoms with Gasteiger partial charge in [-0.1, -0.05) is 32.9 Å². The Morgan fingerprint density at radius 1 is 1.24 bits per heavy atom. The largest absolute Gasteiger partial charge is 0.496 e. The topological polar surface area (TPSA) is 83.5 Å². The van der Waals surface area contributed by atoms with Crippen LogP contribution in [0, 0.1) is 11.3 Å². The van der Waals surface area contributed by atoms with Crippen molar-refractivity contribution in [3.8, 4) is 17.0 Å². The molecule has 0 saturated heterocycles. The molecule has 3 rings (SSSR count). The van der Waals surface area contributed by atoms with Gasteiger partial charge in [0.15, 0.2) is 5.13 Å². The second kappa shape index (κ2) is 9.03.